The summed E-state index contributed by atoms with van der Waals surface area (Å²) < 4.78 is 5.40. The van der Waals surface area contributed by atoms with E-state index < -0.39 is 0 Å². The summed E-state index contributed by atoms with van der Waals surface area (Å²) in [5.41, 5.74) is 4.87. The quantitative estimate of drug-likeness (QED) is 0.385. The molecule has 0 aliphatic carbocycles. The van der Waals surface area contributed by atoms with Gasteiger partial charge in [-0.25, -0.2) is 0 Å². The first-order valence-electron chi connectivity index (χ1n) is 11.9. The lowest BCUT2D eigenvalue weighted by molar-refractivity contribution is 0.0796. The fraction of sp³-hybridized carbons (Fsp3) is 0.267. The van der Waals surface area contributed by atoms with Crippen LogP contribution in [-0.4, -0.2) is 42.8 Å². The lowest BCUT2D eigenvalue weighted by Crippen LogP contribution is -2.43. The largest absolute Gasteiger partial charge is 0.497 e. The van der Waals surface area contributed by atoms with Crippen LogP contribution in [0.15, 0.2) is 78.9 Å². The monoisotopic (exact) mass is 468 g/mol. The first kappa shape index (κ1) is 24.3. The molecule has 0 unspecified atom stereocenters. The molecule has 0 spiro atoms. The number of rotatable bonds is 7. The molecule has 0 bridgehead atoms. The van der Waals surface area contributed by atoms with E-state index in [1.54, 1.807) is 49.4 Å². The predicted octanol–water partition coefficient (Wildman–Crippen LogP) is 5.16. The smallest absolute Gasteiger partial charge is 0.253 e. The minimum atomic E-state index is -0.188. The number of fused-ring (bicyclic) bond motifs is 1. The van der Waals surface area contributed by atoms with Crippen molar-refractivity contribution in [1.82, 2.24) is 10.2 Å². The van der Waals surface area contributed by atoms with E-state index in [9.17, 15) is 9.59 Å². The number of carbonyl (C=O) groups is 2. The minimum absolute atomic E-state index is 0.102. The van der Waals surface area contributed by atoms with E-state index in [1.165, 1.54) is 5.56 Å². The molecule has 4 rings (SSSR count). The van der Waals surface area contributed by atoms with Crippen LogP contribution in [0.1, 0.15) is 51.3 Å². The van der Waals surface area contributed by atoms with E-state index in [2.05, 4.69) is 37.4 Å². The number of hydrogen-bond donors (Lipinski definition) is 1. The van der Waals surface area contributed by atoms with Gasteiger partial charge in [-0.2, -0.15) is 0 Å². The van der Waals surface area contributed by atoms with Crippen LogP contribution in [0.4, 0.5) is 0 Å². The van der Waals surface area contributed by atoms with Gasteiger partial charge in [-0.3, -0.25) is 9.59 Å². The average Bonchev–Trinajstić information content (AvgIpc) is 2.86. The van der Waals surface area contributed by atoms with Crippen LogP contribution >= 0.6 is 0 Å². The molecule has 1 N–H and O–H groups in total. The van der Waals surface area contributed by atoms with E-state index in [-0.39, 0.29) is 17.2 Å². The van der Waals surface area contributed by atoms with Crippen molar-refractivity contribution in [2.45, 2.75) is 32.2 Å². The highest BCUT2D eigenvalue weighted by atomic mass is 16.5. The van der Waals surface area contributed by atoms with Crippen LogP contribution in [0.25, 0.3) is 5.70 Å². The molecule has 180 valence electrons. The van der Waals surface area contributed by atoms with Gasteiger partial charge in [0.1, 0.15) is 5.75 Å². The highest BCUT2D eigenvalue weighted by Crippen LogP contribution is 2.32. The molecule has 1 aliphatic rings. The molecule has 1 heterocycles. The van der Waals surface area contributed by atoms with E-state index in [0.29, 0.717) is 17.7 Å². The maximum absolute atomic E-state index is 13.3. The Kier molecular flexibility index (Phi) is 7.06. The van der Waals surface area contributed by atoms with Crippen molar-refractivity contribution in [2.24, 2.45) is 0 Å². The Bertz CT molecular complexity index is 1260. The van der Waals surface area contributed by atoms with Crippen molar-refractivity contribution in [3.63, 3.8) is 0 Å². The Morgan fingerprint density at radius 2 is 1.74 bits per heavy atom. The number of carbonyl (C=O) groups excluding carboxylic acids is 2. The average molecular weight is 469 g/mol. The lowest BCUT2D eigenvalue weighted by atomic mass is 9.85. The molecule has 5 heteroatoms. The van der Waals surface area contributed by atoms with Crippen molar-refractivity contribution in [3.8, 4) is 5.75 Å². The predicted molar refractivity (Wildman–Crippen MR) is 140 cm³/mol. The third-order valence-corrected chi connectivity index (χ3v) is 6.31. The van der Waals surface area contributed by atoms with Gasteiger partial charge in [0.15, 0.2) is 5.78 Å². The zero-order valence-corrected chi connectivity index (χ0v) is 20.8. The molecular formula is C30H32N2O3. The maximum atomic E-state index is 13.3. The third-order valence-electron chi connectivity index (χ3n) is 6.31. The van der Waals surface area contributed by atoms with Crippen LogP contribution in [-0.2, 0) is 12.8 Å². The SMILES string of the molecule is COc1ccc2c(c1)C(=CC(=O)c1cccc(C(=O)N(C)CCc3ccccc3)c1)NC(C)(C)C2. The molecule has 5 nitrogen and oxygen atoms in total. The number of nitrogens with zero attached hydrogens (tertiary/aromatic N) is 1. The van der Waals surface area contributed by atoms with Crippen LogP contribution < -0.4 is 10.1 Å². The second-order valence-electron chi connectivity index (χ2n) is 9.67. The van der Waals surface area contributed by atoms with Gasteiger partial charge in [0.2, 0.25) is 0 Å². The van der Waals surface area contributed by atoms with Crippen LogP contribution in [0.5, 0.6) is 5.75 Å². The van der Waals surface area contributed by atoms with E-state index in [4.69, 9.17) is 4.74 Å². The molecule has 0 radical (unpaired) electrons. The summed E-state index contributed by atoms with van der Waals surface area (Å²) in [4.78, 5) is 28.0. The van der Waals surface area contributed by atoms with Crippen molar-refractivity contribution in [2.75, 3.05) is 20.7 Å². The first-order chi connectivity index (χ1) is 16.8. The van der Waals surface area contributed by atoms with Crippen molar-refractivity contribution in [3.05, 3.63) is 107 Å². The molecule has 0 aromatic heterocycles. The minimum Gasteiger partial charge on any atom is -0.497 e. The zero-order valence-electron chi connectivity index (χ0n) is 20.8. The second kappa shape index (κ2) is 10.2. The Labute approximate surface area is 207 Å². The Hall–Kier alpha value is -3.86. The van der Waals surface area contributed by atoms with Gasteiger partial charge in [-0.05, 0) is 62.1 Å². The Morgan fingerprint density at radius 3 is 2.49 bits per heavy atom. The lowest BCUT2D eigenvalue weighted by Gasteiger charge is -2.35. The molecule has 0 fully saturated rings. The van der Waals surface area contributed by atoms with E-state index >= 15 is 0 Å². The van der Waals surface area contributed by atoms with Gasteiger partial charge in [0, 0.05) is 47.6 Å². The Morgan fingerprint density at radius 1 is 1.00 bits per heavy atom. The Balaban J connectivity index is 1.54. The number of allylic oxidation sites excluding steroid dienone is 1. The molecule has 0 saturated carbocycles. The van der Waals surface area contributed by atoms with Gasteiger partial charge in [-0.1, -0.05) is 48.5 Å². The van der Waals surface area contributed by atoms with Crippen molar-refractivity contribution < 1.29 is 14.3 Å². The van der Waals surface area contributed by atoms with Crippen molar-refractivity contribution in [1.29, 1.82) is 0 Å². The summed E-state index contributed by atoms with van der Waals surface area (Å²) in [7, 11) is 3.43. The molecule has 35 heavy (non-hydrogen) atoms. The fourth-order valence-corrected chi connectivity index (χ4v) is 4.44. The maximum Gasteiger partial charge on any atom is 0.253 e. The van der Waals surface area contributed by atoms with Gasteiger partial charge in [-0.15, -0.1) is 0 Å². The zero-order chi connectivity index (χ0) is 25.0. The molecule has 1 aliphatic heterocycles. The van der Waals surface area contributed by atoms with Crippen LogP contribution in [0.2, 0.25) is 0 Å². The van der Waals surface area contributed by atoms with E-state index in [0.717, 1.165) is 35.4 Å². The number of hydrogen-bond acceptors (Lipinski definition) is 4. The summed E-state index contributed by atoms with van der Waals surface area (Å²) in [6.45, 7) is 4.83. The normalized spacial score (nSPS) is 15.1. The first-order valence-corrected chi connectivity index (χ1v) is 11.9. The van der Waals surface area contributed by atoms with Crippen LogP contribution in [0.3, 0.4) is 0 Å². The van der Waals surface area contributed by atoms with Gasteiger partial charge >= 0.3 is 0 Å². The van der Waals surface area contributed by atoms with E-state index in [1.807, 2.05) is 30.3 Å². The number of likely N-dealkylation sites (N-methyl/N-ethyl adjacent to an activating group) is 1. The summed E-state index contributed by atoms with van der Waals surface area (Å²) in [5, 5.41) is 3.50. The second-order valence-corrected chi connectivity index (χ2v) is 9.67. The number of benzene rings is 3. The summed E-state index contributed by atoms with van der Waals surface area (Å²) in [6, 6.07) is 23.0. The van der Waals surface area contributed by atoms with Gasteiger partial charge in [0.05, 0.1) is 7.11 Å². The molecule has 0 atom stereocenters. The highest BCUT2D eigenvalue weighted by molar-refractivity contribution is 6.10. The summed E-state index contributed by atoms with van der Waals surface area (Å²) in [5.74, 6) is 0.491. The number of amides is 1. The molecule has 0 saturated heterocycles. The van der Waals surface area contributed by atoms with Gasteiger partial charge < -0.3 is 15.0 Å². The third kappa shape index (κ3) is 5.80. The standard InChI is InChI=1S/C30H32N2O3/c1-30(2)20-24-13-14-25(35-4)18-26(24)27(31-30)19-28(33)22-11-8-12-23(17-22)29(34)32(3)16-15-21-9-6-5-7-10-21/h5-14,17-19,31H,15-16,20H2,1-4H3. The topological polar surface area (TPSA) is 58.6 Å². The molecule has 1 amide bonds. The van der Waals surface area contributed by atoms with Crippen molar-refractivity contribution >= 4 is 17.4 Å². The number of ketones is 1. The molecular weight excluding hydrogens is 436 g/mol. The highest BCUT2D eigenvalue weighted by Gasteiger charge is 2.28. The number of methoxy groups -OCH3 is 1. The summed E-state index contributed by atoms with van der Waals surface area (Å²) >= 11 is 0. The fourth-order valence-electron chi connectivity index (χ4n) is 4.44. The van der Waals surface area contributed by atoms with Gasteiger partial charge in [0.25, 0.3) is 5.91 Å². The number of ether oxygens (including phenoxy) is 1. The summed E-state index contributed by atoms with van der Waals surface area (Å²) in [6.07, 6.45) is 3.25. The number of nitrogens with one attached hydrogen (secondary N) is 1. The molecule has 3 aromatic rings. The molecule has 3 aromatic carbocycles. The van der Waals surface area contributed by atoms with Crippen LogP contribution in [0, 0.1) is 0 Å².